The number of rotatable bonds is 5. The van der Waals surface area contributed by atoms with E-state index < -0.39 is 5.54 Å². The monoisotopic (exact) mass is 338 g/mol. The Kier molecular flexibility index (Phi) is 5.09. The van der Waals surface area contributed by atoms with Gasteiger partial charge in [-0.1, -0.05) is 42.5 Å². The summed E-state index contributed by atoms with van der Waals surface area (Å²) in [6.07, 6.45) is 2.61. The van der Waals surface area contributed by atoms with Gasteiger partial charge >= 0.3 is 0 Å². The van der Waals surface area contributed by atoms with Gasteiger partial charge in [0.1, 0.15) is 11.3 Å². The van der Waals surface area contributed by atoms with E-state index in [-0.39, 0.29) is 5.91 Å². The fourth-order valence-electron chi connectivity index (χ4n) is 3.72. The van der Waals surface area contributed by atoms with Crippen molar-refractivity contribution in [3.05, 3.63) is 54.1 Å². The Hall–Kier alpha value is -2.33. The molecule has 1 N–H and O–H groups in total. The molecule has 0 aromatic heterocycles. The standard InChI is InChI=1S/C21H26N2O2/c1-23(2)20(24)21(12-7-13-22-21)15-16-8-6-9-17(14-16)18-10-4-5-11-19(18)25-3/h4-6,8-11,14,22H,7,12-13,15H2,1-3H3. The fourth-order valence-corrected chi connectivity index (χ4v) is 3.72. The van der Waals surface area contributed by atoms with Crippen LogP contribution >= 0.6 is 0 Å². The summed E-state index contributed by atoms with van der Waals surface area (Å²) in [5.74, 6) is 1.02. The number of methoxy groups -OCH3 is 1. The van der Waals surface area contributed by atoms with E-state index in [0.717, 1.165) is 41.8 Å². The molecule has 1 fully saturated rings. The van der Waals surface area contributed by atoms with Crippen LogP contribution in [0.15, 0.2) is 48.5 Å². The molecule has 0 aliphatic carbocycles. The van der Waals surface area contributed by atoms with Crippen LogP contribution in [0.3, 0.4) is 0 Å². The lowest BCUT2D eigenvalue weighted by atomic mass is 9.87. The molecule has 4 nitrogen and oxygen atoms in total. The fraction of sp³-hybridized carbons (Fsp3) is 0.381. The highest BCUT2D eigenvalue weighted by molar-refractivity contribution is 5.87. The maximum absolute atomic E-state index is 12.8. The lowest BCUT2D eigenvalue weighted by Gasteiger charge is -2.31. The summed E-state index contributed by atoms with van der Waals surface area (Å²) in [5, 5.41) is 3.47. The van der Waals surface area contributed by atoms with Crippen molar-refractivity contribution in [1.82, 2.24) is 10.2 Å². The zero-order valence-electron chi connectivity index (χ0n) is 15.2. The quantitative estimate of drug-likeness (QED) is 0.911. The van der Waals surface area contributed by atoms with E-state index in [0.29, 0.717) is 6.42 Å². The predicted octanol–water partition coefficient (Wildman–Crippen LogP) is 3.12. The number of para-hydroxylation sites is 1. The van der Waals surface area contributed by atoms with Gasteiger partial charge in [0, 0.05) is 19.7 Å². The van der Waals surface area contributed by atoms with Crippen molar-refractivity contribution >= 4 is 5.91 Å². The highest BCUT2D eigenvalue weighted by Crippen LogP contribution is 2.32. The van der Waals surface area contributed by atoms with Crippen molar-refractivity contribution in [3.8, 4) is 16.9 Å². The normalized spacial score (nSPS) is 19.6. The zero-order valence-corrected chi connectivity index (χ0v) is 15.2. The van der Waals surface area contributed by atoms with Gasteiger partial charge in [-0.25, -0.2) is 0 Å². The maximum Gasteiger partial charge on any atom is 0.242 e. The first-order valence-electron chi connectivity index (χ1n) is 8.75. The van der Waals surface area contributed by atoms with Crippen molar-refractivity contribution in [2.45, 2.75) is 24.8 Å². The zero-order chi connectivity index (χ0) is 17.9. The molecule has 4 heteroatoms. The molecule has 2 aromatic rings. The van der Waals surface area contributed by atoms with Gasteiger partial charge in [-0.3, -0.25) is 4.79 Å². The van der Waals surface area contributed by atoms with Gasteiger partial charge in [-0.2, -0.15) is 0 Å². The van der Waals surface area contributed by atoms with Crippen molar-refractivity contribution in [2.75, 3.05) is 27.7 Å². The SMILES string of the molecule is COc1ccccc1-c1cccc(CC2(C(=O)N(C)C)CCCN2)c1. The Balaban J connectivity index is 1.92. The van der Waals surface area contributed by atoms with E-state index in [1.807, 2.05) is 32.3 Å². The molecule has 1 aliphatic rings. The number of amides is 1. The van der Waals surface area contributed by atoms with Gasteiger partial charge in [0.25, 0.3) is 0 Å². The second-order valence-electron chi connectivity index (χ2n) is 6.89. The number of ether oxygens (including phenoxy) is 1. The highest BCUT2D eigenvalue weighted by atomic mass is 16.5. The van der Waals surface area contributed by atoms with E-state index in [1.54, 1.807) is 12.0 Å². The minimum Gasteiger partial charge on any atom is -0.496 e. The molecule has 1 unspecified atom stereocenters. The highest BCUT2D eigenvalue weighted by Gasteiger charge is 2.41. The Morgan fingerprint density at radius 2 is 2.00 bits per heavy atom. The number of nitrogens with one attached hydrogen (secondary N) is 1. The Morgan fingerprint density at radius 1 is 1.20 bits per heavy atom. The van der Waals surface area contributed by atoms with Gasteiger partial charge in [-0.05, 0) is 43.0 Å². The third-order valence-electron chi connectivity index (χ3n) is 4.91. The number of nitrogens with zero attached hydrogens (tertiary/aromatic N) is 1. The average molecular weight is 338 g/mol. The van der Waals surface area contributed by atoms with E-state index in [9.17, 15) is 4.79 Å². The van der Waals surface area contributed by atoms with Crippen molar-refractivity contribution in [3.63, 3.8) is 0 Å². The Morgan fingerprint density at radius 3 is 2.68 bits per heavy atom. The number of carbonyl (C=O) groups excluding carboxylic acids is 1. The maximum atomic E-state index is 12.8. The molecule has 1 amide bonds. The molecule has 1 saturated heterocycles. The van der Waals surface area contributed by atoms with Crippen LogP contribution in [0.25, 0.3) is 11.1 Å². The minimum atomic E-state index is -0.483. The molecule has 0 bridgehead atoms. The van der Waals surface area contributed by atoms with Gasteiger partial charge in [0.15, 0.2) is 0 Å². The molecule has 3 rings (SSSR count). The first-order valence-corrected chi connectivity index (χ1v) is 8.75. The Bertz CT molecular complexity index is 749. The molecule has 0 radical (unpaired) electrons. The van der Waals surface area contributed by atoms with Gasteiger partial charge in [-0.15, -0.1) is 0 Å². The second-order valence-corrected chi connectivity index (χ2v) is 6.89. The van der Waals surface area contributed by atoms with Gasteiger partial charge in [0.05, 0.1) is 7.11 Å². The number of likely N-dealkylation sites (N-methyl/N-ethyl adjacent to an activating group) is 1. The van der Waals surface area contributed by atoms with E-state index >= 15 is 0 Å². The lowest BCUT2D eigenvalue weighted by Crippen LogP contribution is -2.54. The first-order chi connectivity index (χ1) is 12.1. The molecule has 1 aliphatic heterocycles. The van der Waals surface area contributed by atoms with Crippen LogP contribution in [0.5, 0.6) is 5.75 Å². The molecular weight excluding hydrogens is 312 g/mol. The van der Waals surface area contributed by atoms with Crippen LogP contribution in [-0.4, -0.2) is 44.1 Å². The summed E-state index contributed by atoms with van der Waals surface area (Å²) in [5.41, 5.74) is 2.86. The number of benzene rings is 2. The predicted molar refractivity (Wildman–Crippen MR) is 101 cm³/mol. The summed E-state index contributed by atoms with van der Waals surface area (Å²) >= 11 is 0. The van der Waals surface area contributed by atoms with Crippen LogP contribution in [0.1, 0.15) is 18.4 Å². The summed E-state index contributed by atoms with van der Waals surface area (Å²) in [6, 6.07) is 16.4. The molecule has 1 heterocycles. The third-order valence-corrected chi connectivity index (χ3v) is 4.91. The van der Waals surface area contributed by atoms with Crippen molar-refractivity contribution in [1.29, 1.82) is 0 Å². The second kappa shape index (κ2) is 7.28. The number of hydrogen-bond acceptors (Lipinski definition) is 3. The number of hydrogen-bond donors (Lipinski definition) is 1. The van der Waals surface area contributed by atoms with Crippen LogP contribution in [0.2, 0.25) is 0 Å². The molecule has 132 valence electrons. The summed E-state index contributed by atoms with van der Waals surface area (Å²) in [4.78, 5) is 14.5. The summed E-state index contributed by atoms with van der Waals surface area (Å²) < 4.78 is 5.49. The Labute approximate surface area is 149 Å². The van der Waals surface area contributed by atoms with Crippen LogP contribution < -0.4 is 10.1 Å². The van der Waals surface area contributed by atoms with Crippen LogP contribution in [-0.2, 0) is 11.2 Å². The van der Waals surface area contributed by atoms with Gasteiger partial charge in [0.2, 0.25) is 5.91 Å². The molecular formula is C21H26N2O2. The minimum absolute atomic E-state index is 0.160. The molecule has 0 spiro atoms. The molecule has 2 aromatic carbocycles. The molecule has 25 heavy (non-hydrogen) atoms. The molecule has 1 atom stereocenters. The van der Waals surface area contributed by atoms with Crippen LogP contribution in [0, 0.1) is 0 Å². The van der Waals surface area contributed by atoms with Gasteiger partial charge < -0.3 is 15.0 Å². The molecule has 0 saturated carbocycles. The topological polar surface area (TPSA) is 41.6 Å². The van der Waals surface area contributed by atoms with Crippen LogP contribution in [0.4, 0.5) is 0 Å². The summed E-state index contributed by atoms with van der Waals surface area (Å²) in [7, 11) is 5.35. The largest absolute Gasteiger partial charge is 0.496 e. The van der Waals surface area contributed by atoms with E-state index in [4.69, 9.17) is 4.74 Å². The first kappa shape index (κ1) is 17.5. The van der Waals surface area contributed by atoms with E-state index in [2.05, 4.69) is 35.6 Å². The van der Waals surface area contributed by atoms with E-state index in [1.165, 1.54) is 0 Å². The number of carbonyl (C=O) groups is 1. The smallest absolute Gasteiger partial charge is 0.242 e. The summed E-state index contributed by atoms with van der Waals surface area (Å²) in [6.45, 7) is 0.895. The third kappa shape index (κ3) is 3.54. The van der Waals surface area contributed by atoms with Crippen molar-refractivity contribution in [2.24, 2.45) is 0 Å². The average Bonchev–Trinajstić information content (AvgIpc) is 3.10. The lowest BCUT2D eigenvalue weighted by molar-refractivity contribution is -0.135. The van der Waals surface area contributed by atoms with Crippen molar-refractivity contribution < 1.29 is 9.53 Å².